The maximum atomic E-state index is 12.8. The molecular weight excluding hydrogens is 390 g/mol. The van der Waals surface area contributed by atoms with E-state index in [2.05, 4.69) is 10.2 Å². The highest BCUT2D eigenvalue weighted by atomic mass is 35.5. The second kappa shape index (κ2) is 7.85. The number of halogens is 1. The number of hydrogen-bond acceptors (Lipinski definition) is 4. The lowest BCUT2D eigenvalue weighted by molar-refractivity contribution is 0.181. The number of hydrogen-bond donors (Lipinski definition) is 1. The van der Waals surface area contributed by atoms with Gasteiger partial charge in [0.15, 0.2) is 5.65 Å². The molecule has 1 atom stereocenters. The van der Waals surface area contributed by atoms with E-state index in [-0.39, 0.29) is 11.5 Å². The molecule has 8 heteroatoms. The van der Waals surface area contributed by atoms with Gasteiger partial charge in [-0.15, -0.1) is 0 Å². The van der Waals surface area contributed by atoms with E-state index in [1.54, 1.807) is 19.4 Å². The summed E-state index contributed by atoms with van der Waals surface area (Å²) in [6.45, 7) is 5.03. The predicted molar refractivity (Wildman–Crippen MR) is 112 cm³/mol. The van der Waals surface area contributed by atoms with Crippen LogP contribution in [0.2, 0.25) is 5.02 Å². The molecule has 0 radical (unpaired) electrons. The third kappa shape index (κ3) is 3.71. The second-order valence-corrected chi connectivity index (χ2v) is 7.58. The molecule has 0 aliphatic heterocycles. The highest BCUT2D eigenvalue weighted by molar-refractivity contribution is 6.30. The molecule has 1 aromatic carbocycles. The molecule has 0 bridgehead atoms. The van der Waals surface area contributed by atoms with Crippen molar-refractivity contribution < 1.29 is 4.74 Å². The first-order valence-corrected chi connectivity index (χ1v) is 9.73. The number of benzene rings is 1. The summed E-state index contributed by atoms with van der Waals surface area (Å²) in [6, 6.07) is 11.0. The molecule has 4 rings (SSSR count). The summed E-state index contributed by atoms with van der Waals surface area (Å²) in [5, 5.41) is 8.12. The van der Waals surface area contributed by atoms with Gasteiger partial charge in [0, 0.05) is 48.1 Å². The lowest BCUT2D eigenvalue weighted by atomic mass is 10.0. The van der Waals surface area contributed by atoms with Crippen molar-refractivity contribution >= 4 is 17.2 Å². The molecule has 0 aliphatic rings. The van der Waals surface area contributed by atoms with E-state index in [9.17, 15) is 4.79 Å². The van der Waals surface area contributed by atoms with Crippen LogP contribution in [-0.4, -0.2) is 31.5 Å². The molecule has 1 N–H and O–H groups in total. The Kier molecular flexibility index (Phi) is 5.25. The third-order valence-electron chi connectivity index (χ3n) is 5.01. The Morgan fingerprint density at radius 3 is 2.66 bits per heavy atom. The van der Waals surface area contributed by atoms with E-state index in [0.29, 0.717) is 23.8 Å². The minimum Gasteiger partial charge on any atom is -0.378 e. The van der Waals surface area contributed by atoms with Gasteiger partial charge in [-0.05, 0) is 30.7 Å². The van der Waals surface area contributed by atoms with E-state index in [0.717, 1.165) is 28.2 Å². The molecule has 3 heterocycles. The summed E-state index contributed by atoms with van der Waals surface area (Å²) < 4.78 is 8.72. The van der Waals surface area contributed by atoms with Crippen molar-refractivity contribution in [2.45, 2.75) is 32.9 Å². The number of H-pyrrole nitrogens is 1. The van der Waals surface area contributed by atoms with Gasteiger partial charge in [-0.3, -0.25) is 14.6 Å². The lowest BCUT2D eigenvalue weighted by Gasteiger charge is -2.13. The fourth-order valence-electron chi connectivity index (χ4n) is 3.47. The molecule has 0 saturated carbocycles. The van der Waals surface area contributed by atoms with Crippen LogP contribution in [0, 0.1) is 6.92 Å². The monoisotopic (exact) mass is 411 g/mol. The number of aromatic nitrogens is 5. The minimum atomic E-state index is -0.161. The first kappa shape index (κ1) is 19.4. The predicted octanol–water partition coefficient (Wildman–Crippen LogP) is 3.80. The summed E-state index contributed by atoms with van der Waals surface area (Å²) >= 11 is 6.05. The van der Waals surface area contributed by atoms with Crippen LogP contribution in [0.1, 0.15) is 29.9 Å². The van der Waals surface area contributed by atoms with Crippen LogP contribution in [0.4, 0.5) is 0 Å². The van der Waals surface area contributed by atoms with Gasteiger partial charge in [-0.2, -0.15) is 5.10 Å². The molecule has 0 aliphatic carbocycles. The van der Waals surface area contributed by atoms with E-state index >= 15 is 0 Å². The van der Waals surface area contributed by atoms with Crippen LogP contribution in [-0.2, 0) is 17.9 Å². The molecule has 0 amide bonds. The van der Waals surface area contributed by atoms with E-state index in [1.165, 1.54) is 4.52 Å². The van der Waals surface area contributed by atoms with Gasteiger partial charge in [0.25, 0.3) is 5.56 Å². The molecule has 0 spiro atoms. The minimum absolute atomic E-state index is 0.0187. The average Bonchev–Trinajstić information content (AvgIpc) is 3.26. The van der Waals surface area contributed by atoms with Gasteiger partial charge in [0.2, 0.25) is 0 Å². The number of methoxy groups -OCH3 is 1. The van der Waals surface area contributed by atoms with Crippen LogP contribution in [0.5, 0.6) is 0 Å². The summed E-state index contributed by atoms with van der Waals surface area (Å²) in [6.07, 6.45) is 1.77. The zero-order valence-electron chi connectivity index (χ0n) is 16.5. The van der Waals surface area contributed by atoms with Crippen LogP contribution < -0.4 is 5.56 Å². The largest absolute Gasteiger partial charge is 0.378 e. The van der Waals surface area contributed by atoms with Gasteiger partial charge in [0.1, 0.15) is 0 Å². The Balaban J connectivity index is 1.85. The number of fused-ring (bicyclic) bond motifs is 1. The van der Waals surface area contributed by atoms with E-state index in [1.807, 2.05) is 48.9 Å². The number of nitrogens with one attached hydrogen (secondary N) is 1. The SMILES string of the molecule is COCc1[nH]n2c(=O)cc([C@@H](C)Cn3nccc3C)nc2c1-c1ccc(Cl)cc1. The molecule has 4 aromatic rings. The molecular formula is C21H22ClN5O2. The summed E-state index contributed by atoms with van der Waals surface area (Å²) in [7, 11) is 1.62. The number of aromatic amines is 1. The van der Waals surface area contributed by atoms with E-state index < -0.39 is 0 Å². The van der Waals surface area contributed by atoms with Crippen molar-refractivity contribution in [3.8, 4) is 11.1 Å². The van der Waals surface area contributed by atoms with Crippen molar-refractivity contribution in [1.29, 1.82) is 0 Å². The highest BCUT2D eigenvalue weighted by Crippen LogP contribution is 2.29. The zero-order chi connectivity index (χ0) is 20.5. The average molecular weight is 412 g/mol. The van der Waals surface area contributed by atoms with Gasteiger partial charge in [-0.25, -0.2) is 9.50 Å². The van der Waals surface area contributed by atoms with Gasteiger partial charge in [-0.1, -0.05) is 30.7 Å². The quantitative estimate of drug-likeness (QED) is 0.523. The Labute approximate surface area is 172 Å². The Morgan fingerprint density at radius 1 is 1.24 bits per heavy atom. The van der Waals surface area contributed by atoms with E-state index in [4.69, 9.17) is 21.3 Å². The molecule has 0 unspecified atom stereocenters. The number of rotatable bonds is 6. The van der Waals surface area contributed by atoms with Crippen molar-refractivity contribution in [2.75, 3.05) is 7.11 Å². The van der Waals surface area contributed by atoms with Crippen molar-refractivity contribution in [3.63, 3.8) is 0 Å². The molecule has 29 heavy (non-hydrogen) atoms. The smallest absolute Gasteiger partial charge is 0.272 e. The van der Waals surface area contributed by atoms with Crippen molar-refractivity contribution in [3.05, 3.63) is 75.1 Å². The fraction of sp³-hybridized carbons (Fsp3) is 0.286. The first-order chi connectivity index (χ1) is 14.0. The van der Waals surface area contributed by atoms with Gasteiger partial charge in [0.05, 0.1) is 18.0 Å². The molecule has 0 fully saturated rings. The highest BCUT2D eigenvalue weighted by Gasteiger charge is 2.19. The summed E-state index contributed by atoms with van der Waals surface area (Å²) in [5.41, 5.74) is 4.75. The van der Waals surface area contributed by atoms with Crippen LogP contribution in [0.3, 0.4) is 0 Å². The van der Waals surface area contributed by atoms with Crippen LogP contribution >= 0.6 is 11.6 Å². The Morgan fingerprint density at radius 2 is 2.00 bits per heavy atom. The molecule has 0 saturated heterocycles. The second-order valence-electron chi connectivity index (χ2n) is 7.14. The standard InChI is InChI=1S/C21H22ClN5O2/c1-13(11-26-14(2)8-9-23-26)17-10-19(28)27-21(24-17)20(18(25-27)12-29-3)15-4-6-16(22)7-5-15/h4-10,13,25H,11-12H2,1-3H3/t13-/m0/s1. The normalized spacial score (nSPS) is 12.6. The van der Waals surface area contributed by atoms with Gasteiger partial charge >= 0.3 is 0 Å². The summed E-state index contributed by atoms with van der Waals surface area (Å²) in [5.74, 6) is 0.0187. The number of aryl methyl sites for hydroxylation is 1. The maximum absolute atomic E-state index is 12.8. The van der Waals surface area contributed by atoms with Crippen molar-refractivity contribution in [2.24, 2.45) is 0 Å². The fourth-order valence-corrected chi connectivity index (χ4v) is 3.59. The molecule has 3 aromatic heterocycles. The number of nitrogens with zero attached hydrogens (tertiary/aromatic N) is 4. The third-order valence-corrected chi connectivity index (χ3v) is 5.26. The Hall–Kier alpha value is -2.90. The first-order valence-electron chi connectivity index (χ1n) is 9.35. The molecule has 150 valence electrons. The number of ether oxygens (including phenoxy) is 1. The zero-order valence-corrected chi connectivity index (χ0v) is 17.3. The topological polar surface area (TPSA) is 77.2 Å². The summed E-state index contributed by atoms with van der Waals surface area (Å²) in [4.78, 5) is 17.7. The van der Waals surface area contributed by atoms with Crippen LogP contribution in [0.25, 0.3) is 16.8 Å². The van der Waals surface area contributed by atoms with Crippen LogP contribution in [0.15, 0.2) is 47.4 Å². The van der Waals surface area contributed by atoms with Gasteiger partial charge < -0.3 is 4.74 Å². The Bertz CT molecular complexity index is 1210. The molecule has 7 nitrogen and oxygen atoms in total. The van der Waals surface area contributed by atoms with Crippen molar-refractivity contribution in [1.82, 2.24) is 24.4 Å². The maximum Gasteiger partial charge on any atom is 0.272 e. The lowest BCUT2D eigenvalue weighted by Crippen LogP contribution is -2.18.